The molecule has 0 bridgehead atoms. The van der Waals surface area contributed by atoms with Crippen molar-refractivity contribution in [2.45, 2.75) is 39.0 Å². The number of amides is 1. The number of rotatable bonds is 7. The molecule has 13 heavy (non-hydrogen) atoms. The highest BCUT2D eigenvalue weighted by Gasteiger charge is 2.06. The number of carbonyl (C=O) groups is 1. The number of hydrogen-bond acceptors (Lipinski definition) is 1. The van der Waals surface area contributed by atoms with Crippen LogP contribution in [0.25, 0.3) is 0 Å². The van der Waals surface area contributed by atoms with Gasteiger partial charge in [0.25, 0.3) is 0 Å². The van der Waals surface area contributed by atoms with E-state index in [1.165, 1.54) is 6.42 Å². The van der Waals surface area contributed by atoms with Gasteiger partial charge in [-0.15, -0.1) is 0 Å². The molecule has 0 radical (unpaired) electrons. The largest absolute Gasteiger partial charge is 0.346 e. The fraction of sp³-hybridized carbons (Fsp3) is 0.900. The number of halogens is 1. The maximum absolute atomic E-state index is 11.4. The number of carbonyl (C=O) groups excluding carboxylic acids is 1. The Bertz CT molecular complexity index is 139. The zero-order chi connectivity index (χ0) is 10.1. The fourth-order valence-corrected chi connectivity index (χ4v) is 1.39. The SMILES string of the molecule is CCCCCC(=O)N(C)CCCBr. The van der Waals surface area contributed by atoms with Gasteiger partial charge in [0.05, 0.1) is 0 Å². The van der Waals surface area contributed by atoms with Crippen molar-refractivity contribution in [3.05, 3.63) is 0 Å². The molecule has 0 aromatic heterocycles. The van der Waals surface area contributed by atoms with Gasteiger partial charge in [-0.25, -0.2) is 0 Å². The predicted molar refractivity (Wildman–Crippen MR) is 60.2 cm³/mol. The van der Waals surface area contributed by atoms with Crippen LogP contribution < -0.4 is 0 Å². The van der Waals surface area contributed by atoms with E-state index in [9.17, 15) is 4.79 Å². The third-order valence-electron chi connectivity index (χ3n) is 2.05. The van der Waals surface area contributed by atoms with E-state index in [1.807, 2.05) is 11.9 Å². The molecule has 2 nitrogen and oxygen atoms in total. The van der Waals surface area contributed by atoms with Crippen molar-refractivity contribution in [3.63, 3.8) is 0 Å². The summed E-state index contributed by atoms with van der Waals surface area (Å²) in [4.78, 5) is 13.3. The van der Waals surface area contributed by atoms with Crippen LogP contribution in [0.3, 0.4) is 0 Å². The van der Waals surface area contributed by atoms with Gasteiger partial charge < -0.3 is 4.90 Å². The van der Waals surface area contributed by atoms with E-state index in [4.69, 9.17) is 0 Å². The monoisotopic (exact) mass is 249 g/mol. The molecule has 0 unspecified atom stereocenters. The quantitative estimate of drug-likeness (QED) is 0.502. The van der Waals surface area contributed by atoms with E-state index in [0.29, 0.717) is 6.42 Å². The highest BCUT2D eigenvalue weighted by molar-refractivity contribution is 9.09. The average Bonchev–Trinajstić information content (AvgIpc) is 2.14. The zero-order valence-electron chi connectivity index (χ0n) is 8.68. The number of alkyl halides is 1. The van der Waals surface area contributed by atoms with Crippen LogP contribution >= 0.6 is 15.9 Å². The molecule has 0 saturated heterocycles. The molecule has 0 aromatic rings. The average molecular weight is 250 g/mol. The number of unbranched alkanes of at least 4 members (excludes halogenated alkanes) is 2. The molecule has 0 spiro atoms. The van der Waals surface area contributed by atoms with Gasteiger partial charge >= 0.3 is 0 Å². The van der Waals surface area contributed by atoms with E-state index in [1.54, 1.807) is 0 Å². The number of nitrogens with zero attached hydrogens (tertiary/aromatic N) is 1. The Morgan fingerprint density at radius 2 is 2.00 bits per heavy atom. The van der Waals surface area contributed by atoms with Crippen molar-refractivity contribution >= 4 is 21.8 Å². The Balaban J connectivity index is 3.45. The molecule has 78 valence electrons. The minimum atomic E-state index is 0.286. The molecular formula is C10H20BrNO. The molecule has 0 fully saturated rings. The van der Waals surface area contributed by atoms with Gasteiger partial charge in [-0.3, -0.25) is 4.79 Å². The molecule has 0 aliphatic heterocycles. The Kier molecular flexibility index (Phi) is 8.51. The normalized spacial score (nSPS) is 10.1. The van der Waals surface area contributed by atoms with E-state index in [2.05, 4.69) is 22.9 Å². The Morgan fingerprint density at radius 3 is 2.54 bits per heavy atom. The highest BCUT2D eigenvalue weighted by Crippen LogP contribution is 2.02. The van der Waals surface area contributed by atoms with Crippen LogP contribution in [0.4, 0.5) is 0 Å². The molecule has 0 aliphatic rings. The van der Waals surface area contributed by atoms with Gasteiger partial charge in [-0.05, 0) is 12.8 Å². The van der Waals surface area contributed by atoms with Crippen molar-refractivity contribution in [3.8, 4) is 0 Å². The van der Waals surface area contributed by atoms with E-state index in [-0.39, 0.29) is 5.91 Å². The molecule has 3 heteroatoms. The smallest absolute Gasteiger partial charge is 0.222 e. The first-order valence-electron chi connectivity index (χ1n) is 5.02. The standard InChI is InChI=1S/C10H20BrNO/c1-3-4-5-7-10(13)12(2)9-6-8-11/h3-9H2,1-2H3. The van der Waals surface area contributed by atoms with E-state index >= 15 is 0 Å². The molecule has 0 atom stereocenters. The van der Waals surface area contributed by atoms with Crippen LogP contribution in [0, 0.1) is 0 Å². The van der Waals surface area contributed by atoms with Crippen LogP contribution in [0.5, 0.6) is 0 Å². The van der Waals surface area contributed by atoms with Crippen molar-refractivity contribution in [2.75, 3.05) is 18.9 Å². The summed E-state index contributed by atoms with van der Waals surface area (Å²) in [6.07, 6.45) is 5.13. The van der Waals surface area contributed by atoms with Gasteiger partial charge in [0.1, 0.15) is 0 Å². The lowest BCUT2D eigenvalue weighted by molar-refractivity contribution is -0.130. The second-order valence-corrected chi connectivity index (χ2v) is 4.11. The Hall–Kier alpha value is -0.0500. The fourth-order valence-electron chi connectivity index (χ4n) is 1.14. The van der Waals surface area contributed by atoms with Gasteiger partial charge in [0, 0.05) is 25.3 Å². The third-order valence-corrected chi connectivity index (χ3v) is 2.61. The van der Waals surface area contributed by atoms with Gasteiger partial charge in [-0.2, -0.15) is 0 Å². The van der Waals surface area contributed by atoms with Crippen LogP contribution in [0.2, 0.25) is 0 Å². The Morgan fingerprint density at radius 1 is 1.31 bits per heavy atom. The van der Waals surface area contributed by atoms with E-state index < -0.39 is 0 Å². The molecular weight excluding hydrogens is 230 g/mol. The second kappa shape index (κ2) is 8.54. The van der Waals surface area contributed by atoms with Crippen molar-refractivity contribution in [2.24, 2.45) is 0 Å². The summed E-state index contributed by atoms with van der Waals surface area (Å²) in [6, 6.07) is 0. The molecule has 1 amide bonds. The molecule has 0 N–H and O–H groups in total. The predicted octanol–water partition coefficient (Wildman–Crippen LogP) is 2.81. The van der Waals surface area contributed by atoms with Crippen LogP contribution in [0.1, 0.15) is 39.0 Å². The summed E-state index contributed by atoms with van der Waals surface area (Å²) in [5.74, 6) is 0.286. The summed E-state index contributed by atoms with van der Waals surface area (Å²) < 4.78 is 0. The van der Waals surface area contributed by atoms with E-state index in [0.717, 1.165) is 31.1 Å². The second-order valence-electron chi connectivity index (χ2n) is 3.31. The van der Waals surface area contributed by atoms with Crippen molar-refractivity contribution < 1.29 is 4.79 Å². The first-order chi connectivity index (χ1) is 6.22. The zero-order valence-corrected chi connectivity index (χ0v) is 10.3. The molecule has 0 rings (SSSR count). The van der Waals surface area contributed by atoms with Crippen LogP contribution in [-0.4, -0.2) is 29.7 Å². The van der Waals surface area contributed by atoms with Gasteiger partial charge in [0.15, 0.2) is 0 Å². The highest BCUT2D eigenvalue weighted by atomic mass is 79.9. The molecule has 0 saturated carbocycles. The minimum Gasteiger partial charge on any atom is -0.346 e. The van der Waals surface area contributed by atoms with Gasteiger partial charge in [-0.1, -0.05) is 35.7 Å². The Labute approximate surface area is 89.8 Å². The maximum atomic E-state index is 11.4. The van der Waals surface area contributed by atoms with Crippen molar-refractivity contribution in [1.82, 2.24) is 4.90 Å². The van der Waals surface area contributed by atoms with Crippen LogP contribution in [0.15, 0.2) is 0 Å². The topological polar surface area (TPSA) is 20.3 Å². The first kappa shape index (κ1) is 12.9. The lowest BCUT2D eigenvalue weighted by atomic mass is 10.2. The lowest BCUT2D eigenvalue weighted by Gasteiger charge is -2.16. The summed E-state index contributed by atoms with van der Waals surface area (Å²) >= 11 is 3.35. The number of hydrogen-bond donors (Lipinski definition) is 0. The van der Waals surface area contributed by atoms with Gasteiger partial charge in [0.2, 0.25) is 5.91 Å². The summed E-state index contributed by atoms with van der Waals surface area (Å²) in [5, 5.41) is 0.972. The molecule has 0 heterocycles. The molecule has 0 aromatic carbocycles. The maximum Gasteiger partial charge on any atom is 0.222 e. The van der Waals surface area contributed by atoms with Crippen LogP contribution in [-0.2, 0) is 4.79 Å². The molecule has 0 aliphatic carbocycles. The lowest BCUT2D eigenvalue weighted by Crippen LogP contribution is -2.27. The van der Waals surface area contributed by atoms with Crippen molar-refractivity contribution in [1.29, 1.82) is 0 Å². The summed E-state index contributed by atoms with van der Waals surface area (Å²) in [5.41, 5.74) is 0. The first-order valence-corrected chi connectivity index (χ1v) is 6.14. The third kappa shape index (κ3) is 7.05. The minimum absolute atomic E-state index is 0.286. The summed E-state index contributed by atoms with van der Waals surface area (Å²) in [6.45, 7) is 3.02. The summed E-state index contributed by atoms with van der Waals surface area (Å²) in [7, 11) is 1.89.